The maximum Gasteiger partial charge on any atom is 0.316 e. The molecule has 0 atom stereocenters. The number of urea groups is 1. The number of rotatable bonds is 5. The monoisotopic (exact) mass is 273 g/mol. The van der Waals surface area contributed by atoms with Crippen molar-refractivity contribution < 1.29 is 4.79 Å². The molecule has 0 aromatic carbocycles. The average molecular weight is 274 g/mol. The third-order valence-corrected chi connectivity index (χ3v) is 3.03. The van der Waals surface area contributed by atoms with Gasteiger partial charge < -0.3 is 15.5 Å². The van der Waals surface area contributed by atoms with E-state index in [1.165, 1.54) is 4.90 Å². The molecule has 102 valence electrons. The number of nitrogens with zero attached hydrogens (tertiary/aromatic N) is 3. The zero-order chi connectivity index (χ0) is 13.7. The highest BCUT2D eigenvalue weighted by Gasteiger charge is 2.10. The van der Waals surface area contributed by atoms with Crippen molar-refractivity contribution in [3.63, 3.8) is 0 Å². The molecule has 1 heterocycles. The Hall–Kier alpha value is -1.27. The molecule has 0 saturated heterocycles. The Morgan fingerprint density at radius 1 is 1.44 bits per heavy atom. The van der Waals surface area contributed by atoms with Gasteiger partial charge in [-0.15, -0.1) is 0 Å². The molecule has 0 spiro atoms. The summed E-state index contributed by atoms with van der Waals surface area (Å²) in [5, 5.41) is 10.9. The van der Waals surface area contributed by atoms with Crippen LogP contribution in [0, 0.1) is 6.92 Å². The molecule has 1 aromatic heterocycles. The molecule has 0 radical (unpaired) electrons. The van der Waals surface area contributed by atoms with Crippen LogP contribution in [-0.4, -0.2) is 47.9 Å². The van der Waals surface area contributed by atoms with Crippen molar-refractivity contribution in [3.8, 4) is 0 Å². The van der Waals surface area contributed by atoms with Gasteiger partial charge >= 0.3 is 6.03 Å². The van der Waals surface area contributed by atoms with Gasteiger partial charge in [0.2, 0.25) is 0 Å². The fourth-order valence-corrected chi connectivity index (χ4v) is 1.75. The van der Waals surface area contributed by atoms with E-state index >= 15 is 0 Å². The van der Waals surface area contributed by atoms with Crippen molar-refractivity contribution in [1.82, 2.24) is 25.3 Å². The van der Waals surface area contributed by atoms with Gasteiger partial charge in [0.15, 0.2) is 0 Å². The maximum atomic E-state index is 11.2. The van der Waals surface area contributed by atoms with E-state index in [9.17, 15) is 4.79 Å². The molecular formula is C11H20ClN5O. The van der Waals surface area contributed by atoms with Crippen LogP contribution in [0.1, 0.15) is 11.3 Å². The molecule has 18 heavy (non-hydrogen) atoms. The lowest BCUT2D eigenvalue weighted by Gasteiger charge is -2.12. The van der Waals surface area contributed by atoms with E-state index in [2.05, 4.69) is 15.7 Å². The summed E-state index contributed by atoms with van der Waals surface area (Å²) in [6.07, 6.45) is 0. The van der Waals surface area contributed by atoms with E-state index in [1.807, 2.05) is 14.0 Å². The number of aryl methyl sites for hydroxylation is 2. The van der Waals surface area contributed by atoms with E-state index in [1.54, 1.807) is 18.8 Å². The second-order valence-electron chi connectivity index (χ2n) is 4.28. The minimum atomic E-state index is -0.0904. The number of carbonyl (C=O) groups is 1. The topological polar surface area (TPSA) is 62.2 Å². The molecule has 0 aliphatic rings. The standard InChI is InChI=1S/C11H20ClN5O/c1-8-9(10(12)17(4)15-8)7-13-5-6-14-11(18)16(2)3/h13H,5-7H2,1-4H3,(H,14,18). The summed E-state index contributed by atoms with van der Waals surface area (Å²) < 4.78 is 1.65. The fourth-order valence-electron chi connectivity index (χ4n) is 1.50. The summed E-state index contributed by atoms with van der Waals surface area (Å²) >= 11 is 6.10. The number of amides is 2. The molecule has 0 saturated carbocycles. The lowest BCUT2D eigenvalue weighted by Crippen LogP contribution is -2.38. The van der Waals surface area contributed by atoms with Gasteiger partial charge in [0, 0.05) is 46.3 Å². The summed E-state index contributed by atoms with van der Waals surface area (Å²) in [6.45, 7) is 3.84. The van der Waals surface area contributed by atoms with Crippen LogP contribution in [0.2, 0.25) is 5.15 Å². The second-order valence-corrected chi connectivity index (χ2v) is 4.64. The van der Waals surface area contributed by atoms with Crippen LogP contribution in [0.4, 0.5) is 4.79 Å². The van der Waals surface area contributed by atoms with Crippen molar-refractivity contribution in [2.24, 2.45) is 7.05 Å². The van der Waals surface area contributed by atoms with Gasteiger partial charge in [-0.1, -0.05) is 11.6 Å². The minimum Gasteiger partial charge on any atom is -0.337 e. The minimum absolute atomic E-state index is 0.0904. The molecule has 0 fully saturated rings. The van der Waals surface area contributed by atoms with Crippen LogP contribution in [0.25, 0.3) is 0 Å². The molecule has 0 aliphatic carbocycles. The van der Waals surface area contributed by atoms with Crippen LogP contribution in [-0.2, 0) is 13.6 Å². The third kappa shape index (κ3) is 3.89. The summed E-state index contributed by atoms with van der Waals surface area (Å²) in [4.78, 5) is 12.7. The average Bonchev–Trinajstić information content (AvgIpc) is 2.54. The van der Waals surface area contributed by atoms with Crippen molar-refractivity contribution >= 4 is 17.6 Å². The second kappa shape index (κ2) is 6.61. The molecule has 7 heteroatoms. The smallest absolute Gasteiger partial charge is 0.316 e. The lowest BCUT2D eigenvalue weighted by molar-refractivity contribution is 0.217. The van der Waals surface area contributed by atoms with Gasteiger partial charge in [-0.2, -0.15) is 5.10 Å². The Labute approximate surface area is 112 Å². The summed E-state index contributed by atoms with van der Waals surface area (Å²) in [5.41, 5.74) is 1.92. The number of hydrogen-bond acceptors (Lipinski definition) is 3. The molecule has 0 bridgehead atoms. The van der Waals surface area contributed by atoms with Gasteiger partial charge in [-0.25, -0.2) is 4.79 Å². The molecule has 2 amide bonds. The van der Waals surface area contributed by atoms with Crippen molar-refractivity contribution in [1.29, 1.82) is 0 Å². The first-order chi connectivity index (χ1) is 8.43. The summed E-state index contributed by atoms with van der Waals surface area (Å²) in [6, 6.07) is -0.0904. The summed E-state index contributed by atoms with van der Waals surface area (Å²) in [7, 11) is 5.24. The number of aromatic nitrogens is 2. The first-order valence-corrected chi connectivity index (χ1v) is 6.15. The van der Waals surface area contributed by atoms with Gasteiger partial charge in [0.1, 0.15) is 5.15 Å². The van der Waals surface area contributed by atoms with Crippen molar-refractivity contribution in [2.75, 3.05) is 27.2 Å². The quantitative estimate of drug-likeness (QED) is 0.778. The molecule has 0 aliphatic heterocycles. The Kier molecular flexibility index (Phi) is 5.43. The molecule has 1 rings (SSSR count). The van der Waals surface area contributed by atoms with Crippen LogP contribution < -0.4 is 10.6 Å². The predicted octanol–water partition coefficient (Wildman–Crippen LogP) is 0.743. The maximum absolute atomic E-state index is 11.2. The molecular weight excluding hydrogens is 254 g/mol. The van der Waals surface area contributed by atoms with E-state index in [0.29, 0.717) is 24.8 Å². The fraction of sp³-hybridized carbons (Fsp3) is 0.636. The Balaban J connectivity index is 2.28. The first-order valence-electron chi connectivity index (χ1n) is 5.77. The van der Waals surface area contributed by atoms with Gasteiger partial charge in [-0.05, 0) is 6.92 Å². The lowest BCUT2D eigenvalue weighted by atomic mass is 10.2. The predicted molar refractivity (Wildman–Crippen MR) is 71.7 cm³/mol. The molecule has 1 aromatic rings. The van der Waals surface area contributed by atoms with E-state index < -0.39 is 0 Å². The molecule has 6 nitrogen and oxygen atoms in total. The largest absolute Gasteiger partial charge is 0.337 e. The SMILES string of the molecule is Cc1nn(C)c(Cl)c1CNCCNC(=O)N(C)C. The van der Waals surface area contributed by atoms with Gasteiger partial charge in [0.25, 0.3) is 0 Å². The van der Waals surface area contributed by atoms with E-state index in [0.717, 1.165) is 11.3 Å². The highest BCUT2D eigenvalue weighted by molar-refractivity contribution is 6.30. The zero-order valence-corrected chi connectivity index (χ0v) is 12.0. The van der Waals surface area contributed by atoms with Gasteiger partial charge in [-0.3, -0.25) is 4.68 Å². The third-order valence-electron chi connectivity index (χ3n) is 2.56. The van der Waals surface area contributed by atoms with Crippen LogP contribution in [0.3, 0.4) is 0 Å². The number of carbonyl (C=O) groups excluding carboxylic acids is 1. The summed E-state index contributed by atoms with van der Waals surface area (Å²) in [5.74, 6) is 0. The highest BCUT2D eigenvalue weighted by atomic mass is 35.5. The zero-order valence-electron chi connectivity index (χ0n) is 11.2. The highest BCUT2D eigenvalue weighted by Crippen LogP contribution is 2.17. The number of halogens is 1. The number of hydrogen-bond donors (Lipinski definition) is 2. The Morgan fingerprint density at radius 2 is 2.11 bits per heavy atom. The first kappa shape index (κ1) is 14.8. The molecule has 0 unspecified atom stereocenters. The van der Waals surface area contributed by atoms with Gasteiger partial charge in [0.05, 0.1) is 5.69 Å². The van der Waals surface area contributed by atoms with Crippen LogP contribution in [0.15, 0.2) is 0 Å². The Bertz CT molecular complexity index is 416. The van der Waals surface area contributed by atoms with Crippen LogP contribution in [0.5, 0.6) is 0 Å². The van der Waals surface area contributed by atoms with Crippen molar-refractivity contribution in [3.05, 3.63) is 16.4 Å². The normalized spacial score (nSPS) is 10.5. The van der Waals surface area contributed by atoms with E-state index in [-0.39, 0.29) is 6.03 Å². The van der Waals surface area contributed by atoms with Crippen LogP contribution >= 0.6 is 11.6 Å². The Morgan fingerprint density at radius 3 is 2.61 bits per heavy atom. The molecule has 2 N–H and O–H groups in total. The van der Waals surface area contributed by atoms with E-state index in [4.69, 9.17) is 11.6 Å². The number of nitrogens with one attached hydrogen (secondary N) is 2. The van der Waals surface area contributed by atoms with Crippen molar-refractivity contribution in [2.45, 2.75) is 13.5 Å².